The van der Waals surface area contributed by atoms with Gasteiger partial charge < -0.3 is 14.4 Å². The van der Waals surface area contributed by atoms with Crippen LogP contribution in [0.3, 0.4) is 0 Å². The number of ether oxygens (including phenoxy) is 2. The summed E-state index contributed by atoms with van der Waals surface area (Å²) in [7, 11) is 3.17. The Labute approximate surface area is 187 Å². The minimum Gasteiger partial charge on any atom is -0.493 e. The van der Waals surface area contributed by atoms with E-state index < -0.39 is 11.0 Å². The van der Waals surface area contributed by atoms with E-state index in [0.29, 0.717) is 31.0 Å². The van der Waals surface area contributed by atoms with Gasteiger partial charge in [0.15, 0.2) is 11.5 Å². The summed E-state index contributed by atoms with van der Waals surface area (Å²) in [5.74, 6) is 1.26. The smallest absolute Gasteiger partial charge is 0.269 e. The van der Waals surface area contributed by atoms with Gasteiger partial charge in [-0.15, -0.1) is 0 Å². The molecule has 2 aliphatic rings. The Hall–Kier alpha value is -3.13. The molecule has 2 heterocycles. The highest BCUT2D eigenvalue weighted by Crippen LogP contribution is 2.41. The van der Waals surface area contributed by atoms with Gasteiger partial charge in [-0.1, -0.05) is 18.6 Å². The molecule has 8 heteroatoms. The quantitative estimate of drug-likeness (QED) is 0.505. The number of amides is 1. The van der Waals surface area contributed by atoms with Gasteiger partial charge in [-0.2, -0.15) is 0 Å². The molecule has 2 aromatic carbocycles. The number of nitro groups is 1. The van der Waals surface area contributed by atoms with Gasteiger partial charge in [0.1, 0.15) is 0 Å². The maximum atomic E-state index is 13.5. The first kappa shape index (κ1) is 22.1. The first-order valence-corrected chi connectivity index (χ1v) is 11.0. The monoisotopic (exact) mass is 439 g/mol. The predicted octanol–water partition coefficient (Wildman–Crippen LogP) is 3.57. The minimum atomic E-state index is -0.421. The second-order valence-electron chi connectivity index (χ2n) is 8.33. The van der Waals surface area contributed by atoms with Gasteiger partial charge in [0.05, 0.1) is 31.7 Å². The van der Waals surface area contributed by atoms with Crippen molar-refractivity contribution in [1.82, 2.24) is 9.80 Å². The Bertz CT molecular complexity index is 1000. The van der Waals surface area contributed by atoms with Crippen LogP contribution in [0, 0.1) is 10.1 Å². The number of methoxy groups -OCH3 is 2. The predicted molar refractivity (Wildman–Crippen MR) is 120 cm³/mol. The van der Waals surface area contributed by atoms with E-state index in [4.69, 9.17) is 9.47 Å². The minimum absolute atomic E-state index is 0.0125. The summed E-state index contributed by atoms with van der Waals surface area (Å²) in [6, 6.07) is 10.00. The number of hydrogen-bond donors (Lipinski definition) is 0. The maximum absolute atomic E-state index is 13.5. The van der Waals surface area contributed by atoms with Crippen LogP contribution in [0.5, 0.6) is 11.5 Å². The van der Waals surface area contributed by atoms with E-state index in [1.807, 2.05) is 23.1 Å². The van der Waals surface area contributed by atoms with Crippen LogP contribution in [-0.4, -0.2) is 61.0 Å². The molecule has 0 aliphatic carbocycles. The third-order valence-corrected chi connectivity index (χ3v) is 6.40. The van der Waals surface area contributed by atoms with E-state index in [1.54, 1.807) is 26.4 Å². The third kappa shape index (κ3) is 4.41. The summed E-state index contributed by atoms with van der Waals surface area (Å²) in [6.07, 6.45) is 4.12. The number of piperidine rings is 1. The number of fused-ring (bicyclic) bond motifs is 1. The molecule has 1 fully saturated rings. The van der Waals surface area contributed by atoms with Gasteiger partial charge in [-0.25, -0.2) is 0 Å². The van der Waals surface area contributed by atoms with Crippen LogP contribution in [0.4, 0.5) is 5.69 Å². The van der Waals surface area contributed by atoms with Crippen molar-refractivity contribution in [2.24, 2.45) is 0 Å². The summed E-state index contributed by atoms with van der Waals surface area (Å²) >= 11 is 0. The lowest BCUT2D eigenvalue weighted by atomic mass is 9.87. The molecule has 2 aromatic rings. The Morgan fingerprint density at radius 2 is 1.78 bits per heavy atom. The maximum Gasteiger partial charge on any atom is 0.269 e. The first-order chi connectivity index (χ1) is 15.5. The molecular formula is C24H29N3O5. The number of rotatable bonds is 6. The second kappa shape index (κ2) is 9.56. The zero-order valence-corrected chi connectivity index (χ0v) is 18.6. The van der Waals surface area contributed by atoms with Crippen LogP contribution < -0.4 is 9.47 Å². The normalized spacial score (nSPS) is 18.7. The topological polar surface area (TPSA) is 85.1 Å². The van der Waals surface area contributed by atoms with Crippen LogP contribution >= 0.6 is 0 Å². The molecule has 0 bridgehead atoms. The van der Waals surface area contributed by atoms with Gasteiger partial charge in [0, 0.05) is 18.7 Å². The summed E-state index contributed by atoms with van der Waals surface area (Å²) in [6.45, 7) is 2.78. The molecule has 170 valence electrons. The Morgan fingerprint density at radius 1 is 1.06 bits per heavy atom. The van der Waals surface area contributed by atoms with E-state index >= 15 is 0 Å². The summed E-state index contributed by atoms with van der Waals surface area (Å²) in [5.41, 5.74) is 2.71. The Kier molecular flexibility index (Phi) is 6.60. The highest BCUT2D eigenvalue weighted by Gasteiger charge is 2.34. The molecule has 1 unspecified atom stereocenters. The number of nitrogens with zero attached hydrogens (tertiary/aromatic N) is 3. The van der Waals surface area contributed by atoms with E-state index in [1.165, 1.54) is 12.5 Å². The van der Waals surface area contributed by atoms with Gasteiger partial charge in [0.25, 0.3) is 5.69 Å². The van der Waals surface area contributed by atoms with Gasteiger partial charge in [0.2, 0.25) is 5.91 Å². The van der Waals surface area contributed by atoms with E-state index in [-0.39, 0.29) is 11.6 Å². The molecule has 0 radical (unpaired) electrons. The van der Waals surface area contributed by atoms with Crippen LogP contribution in [0.15, 0.2) is 36.4 Å². The molecule has 0 spiro atoms. The highest BCUT2D eigenvalue weighted by molar-refractivity contribution is 5.80. The van der Waals surface area contributed by atoms with Gasteiger partial charge >= 0.3 is 0 Å². The van der Waals surface area contributed by atoms with Crippen LogP contribution in [0.25, 0.3) is 0 Å². The standard InChI is InChI=1S/C24H29N3O5/c1-31-21-14-17-9-12-26(23(28)16-25-10-4-3-5-11-25)24(20(17)15-22(21)32-2)18-7-6-8-19(13-18)27(29)30/h6-8,13-15,24H,3-5,9-12,16H2,1-2H3. The van der Waals surface area contributed by atoms with E-state index in [2.05, 4.69) is 4.90 Å². The molecular weight excluding hydrogens is 410 g/mol. The van der Waals surface area contributed by atoms with E-state index in [9.17, 15) is 14.9 Å². The summed E-state index contributed by atoms with van der Waals surface area (Å²) in [5, 5.41) is 11.4. The molecule has 0 N–H and O–H groups in total. The average molecular weight is 440 g/mol. The SMILES string of the molecule is COc1cc2c(cc1OC)C(c1cccc([N+](=O)[O-])c1)N(C(=O)CN1CCCCC1)CC2. The molecule has 0 saturated carbocycles. The molecule has 1 saturated heterocycles. The zero-order chi connectivity index (χ0) is 22.7. The summed E-state index contributed by atoms with van der Waals surface area (Å²) < 4.78 is 11.0. The van der Waals surface area contributed by atoms with Gasteiger partial charge in [-0.05, 0) is 61.2 Å². The molecule has 1 amide bonds. The van der Waals surface area contributed by atoms with Crippen molar-refractivity contribution in [2.45, 2.75) is 31.7 Å². The lowest BCUT2D eigenvalue weighted by molar-refractivity contribution is -0.384. The lowest BCUT2D eigenvalue weighted by Gasteiger charge is -2.39. The highest BCUT2D eigenvalue weighted by atomic mass is 16.6. The number of hydrogen-bond acceptors (Lipinski definition) is 6. The fourth-order valence-corrected chi connectivity index (χ4v) is 4.78. The third-order valence-electron chi connectivity index (χ3n) is 6.40. The number of carbonyl (C=O) groups is 1. The average Bonchev–Trinajstić information content (AvgIpc) is 2.82. The lowest BCUT2D eigenvalue weighted by Crippen LogP contribution is -2.46. The molecule has 8 nitrogen and oxygen atoms in total. The Morgan fingerprint density at radius 3 is 2.47 bits per heavy atom. The van der Waals surface area contributed by atoms with Gasteiger partial charge in [-0.3, -0.25) is 19.8 Å². The fraction of sp³-hybridized carbons (Fsp3) is 0.458. The molecule has 2 aliphatic heterocycles. The number of non-ortho nitro benzene ring substituents is 1. The van der Waals surface area contributed by atoms with Crippen LogP contribution in [0.2, 0.25) is 0 Å². The Balaban J connectivity index is 1.75. The van der Waals surface area contributed by atoms with Crippen molar-refractivity contribution in [3.63, 3.8) is 0 Å². The molecule has 0 aromatic heterocycles. The summed E-state index contributed by atoms with van der Waals surface area (Å²) in [4.78, 5) is 28.5. The van der Waals surface area contributed by atoms with Crippen LogP contribution in [-0.2, 0) is 11.2 Å². The second-order valence-corrected chi connectivity index (χ2v) is 8.33. The van der Waals surface area contributed by atoms with Crippen molar-refractivity contribution in [3.8, 4) is 11.5 Å². The van der Waals surface area contributed by atoms with Crippen molar-refractivity contribution in [2.75, 3.05) is 40.4 Å². The van der Waals surface area contributed by atoms with Crippen molar-refractivity contribution < 1.29 is 19.2 Å². The molecule has 32 heavy (non-hydrogen) atoms. The van der Waals surface area contributed by atoms with Crippen molar-refractivity contribution >= 4 is 11.6 Å². The van der Waals surface area contributed by atoms with Crippen LogP contribution in [0.1, 0.15) is 42.0 Å². The fourth-order valence-electron chi connectivity index (χ4n) is 4.78. The molecule has 4 rings (SSSR count). The number of nitro benzene ring substituents is 1. The van der Waals surface area contributed by atoms with Crippen molar-refractivity contribution in [1.29, 1.82) is 0 Å². The number of carbonyl (C=O) groups excluding carboxylic acids is 1. The van der Waals surface area contributed by atoms with Crippen molar-refractivity contribution in [3.05, 3.63) is 63.2 Å². The number of benzene rings is 2. The largest absolute Gasteiger partial charge is 0.493 e. The molecule has 1 atom stereocenters. The zero-order valence-electron chi connectivity index (χ0n) is 18.6. The van der Waals surface area contributed by atoms with E-state index in [0.717, 1.165) is 42.6 Å². The first-order valence-electron chi connectivity index (χ1n) is 11.0. The number of likely N-dealkylation sites (tertiary alicyclic amines) is 1.